The smallest absolute Gasteiger partial charge is 0.310 e. The van der Waals surface area contributed by atoms with Gasteiger partial charge in [-0.25, -0.2) is 0 Å². The molecule has 0 radical (unpaired) electrons. The molecule has 2 aromatic rings. The fourth-order valence-corrected chi connectivity index (χ4v) is 5.41. The minimum absolute atomic E-state index is 0.000356. The van der Waals surface area contributed by atoms with Crippen molar-refractivity contribution in [2.75, 3.05) is 31.8 Å². The number of aryl methyl sites for hydroxylation is 1. The number of anilines is 1. The highest BCUT2D eigenvalue weighted by Gasteiger charge is 2.40. The van der Waals surface area contributed by atoms with E-state index >= 15 is 0 Å². The van der Waals surface area contributed by atoms with Gasteiger partial charge in [-0.05, 0) is 50.8 Å². The Balaban J connectivity index is 1.41. The molecule has 1 aliphatic carbocycles. The predicted molar refractivity (Wildman–Crippen MR) is 129 cm³/mol. The third-order valence-electron chi connectivity index (χ3n) is 7.28. The Kier molecular flexibility index (Phi) is 7.51. The van der Waals surface area contributed by atoms with E-state index in [9.17, 15) is 14.4 Å². The van der Waals surface area contributed by atoms with Crippen molar-refractivity contribution in [1.82, 2.24) is 4.57 Å². The van der Waals surface area contributed by atoms with Crippen LogP contribution in [0.2, 0.25) is 0 Å². The van der Waals surface area contributed by atoms with Crippen molar-refractivity contribution in [2.24, 2.45) is 11.8 Å². The molecule has 2 unspecified atom stereocenters. The third kappa shape index (κ3) is 4.80. The number of carbonyl (C=O) groups is 3. The van der Waals surface area contributed by atoms with Gasteiger partial charge in [0.05, 0.1) is 18.4 Å². The Hall–Kier alpha value is -2.93. The molecule has 4 rings (SSSR count). The largest absolute Gasteiger partial charge is 0.457 e. The third-order valence-corrected chi connectivity index (χ3v) is 7.28. The summed E-state index contributed by atoms with van der Waals surface area (Å²) in [4.78, 5) is 41.2. The van der Waals surface area contributed by atoms with Gasteiger partial charge >= 0.3 is 5.97 Å². The van der Waals surface area contributed by atoms with Crippen LogP contribution in [0.5, 0.6) is 0 Å². The Morgan fingerprint density at radius 2 is 1.79 bits per heavy atom. The normalized spacial score (nSPS) is 19.7. The second kappa shape index (κ2) is 10.6. The van der Waals surface area contributed by atoms with Gasteiger partial charge in [0.1, 0.15) is 0 Å². The summed E-state index contributed by atoms with van der Waals surface area (Å²) in [5.41, 5.74) is 4.48. The maximum Gasteiger partial charge on any atom is 0.310 e. The first-order valence-corrected chi connectivity index (χ1v) is 12.2. The van der Waals surface area contributed by atoms with Crippen LogP contribution in [0, 0.1) is 25.7 Å². The number of esters is 1. The maximum absolute atomic E-state index is 13.4. The van der Waals surface area contributed by atoms with E-state index in [0.717, 1.165) is 36.3 Å². The summed E-state index contributed by atoms with van der Waals surface area (Å²) in [5.74, 6) is -1.57. The molecule has 1 amide bonds. The number of carbonyl (C=O) groups excluding carboxylic acids is 3. The van der Waals surface area contributed by atoms with Crippen LogP contribution in [-0.2, 0) is 32.0 Å². The summed E-state index contributed by atoms with van der Waals surface area (Å²) in [6, 6.07) is 9.78. The highest BCUT2D eigenvalue weighted by atomic mass is 16.5. The number of ether oxygens (including phenoxy) is 2. The van der Waals surface area contributed by atoms with Gasteiger partial charge in [-0.2, -0.15) is 0 Å². The van der Waals surface area contributed by atoms with E-state index in [-0.39, 0.29) is 18.3 Å². The van der Waals surface area contributed by atoms with E-state index < -0.39 is 17.8 Å². The molecule has 2 aliphatic rings. The molecule has 1 aromatic heterocycles. The van der Waals surface area contributed by atoms with Crippen molar-refractivity contribution >= 4 is 23.3 Å². The average molecular weight is 467 g/mol. The molecule has 1 saturated carbocycles. The zero-order chi connectivity index (χ0) is 24.2. The molecule has 1 aromatic carbocycles. The van der Waals surface area contributed by atoms with Gasteiger partial charge in [0, 0.05) is 42.8 Å². The molecule has 2 heterocycles. The lowest BCUT2D eigenvalue weighted by Crippen LogP contribution is -2.42. The average Bonchev–Trinajstić information content (AvgIpc) is 3.41. The van der Waals surface area contributed by atoms with Crippen molar-refractivity contribution in [2.45, 2.75) is 52.5 Å². The molecule has 0 saturated heterocycles. The first-order chi connectivity index (χ1) is 16.4. The highest BCUT2D eigenvalue weighted by molar-refractivity contribution is 6.01. The second-order valence-electron chi connectivity index (χ2n) is 9.33. The van der Waals surface area contributed by atoms with Gasteiger partial charge in [-0.1, -0.05) is 31.0 Å². The number of ketones is 1. The van der Waals surface area contributed by atoms with Crippen LogP contribution in [0.4, 0.5) is 5.69 Å². The molecule has 1 aliphatic heterocycles. The van der Waals surface area contributed by atoms with Crippen LogP contribution in [0.25, 0.3) is 0 Å². The second-order valence-corrected chi connectivity index (χ2v) is 9.33. The van der Waals surface area contributed by atoms with Crippen LogP contribution in [0.1, 0.15) is 53.0 Å². The van der Waals surface area contributed by atoms with Gasteiger partial charge < -0.3 is 18.9 Å². The van der Waals surface area contributed by atoms with Crippen molar-refractivity contribution < 1.29 is 23.9 Å². The Labute approximate surface area is 201 Å². The van der Waals surface area contributed by atoms with Crippen molar-refractivity contribution in [3.8, 4) is 0 Å². The van der Waals surface area contributed by atoms with Gasteiger partial charge in [0.25, 0.3) is 0 Å². The fraction of sp³-hybridized carbons (Fsp3) is 0.519. The summed E-state index contributed by atoms with van der Waals surface area (Å²) in [5, 5.41) is 0. The summed E-state index contributed by atoms with van der Waals surface area (Å²) in [6.07, 6.45) is 3.92. The number of aromatic nitrogens is 1. The summed E-state index contributed by atoms with van der Waals surface area (Å²) in [7, 11) is 1.64. The van der Waals surface area contributed by atoms with Crippen LogP contribution in [0.3, 0.4) is 0 Å². The molecule has 0 bridgehead atoms. The topological polar surface area (TPSA) is 77.8 Å². The standard InChI is InChI=1S/C27H34N2O5/c1-18-16-23(19(2)28(18)14-15-33-3)25(30)17-34-27(32)22-10-6-5-9-21(22)26(31)29-13-12-20-8-4-7-11-24(20)29/h4,7-8,11,16,21-22H,5-6,9-10,12-15,17H2,1-3H3. The highest BCUT2D eigenvalue weighted by Crippen LogP contribution is 2.36. The molecule has 7 nitrogen and oxygen atoms in total. The molecule has 0 N–H and O–H groups in total. The minimum Gasteiger partial charge on any atom is -0.457 e. The summed E-state index contributed by atoms with van der Waals surface area (Å²) >= 11 is 0. The monoisotopic (exact) mass is 466 g/mol. The number of para-hydroxylation sites is 1. The molecule has 1 fully saturated rings. The molecule has 7 heteroatoms. The Morgan fingerprint density at radius 1 is 1.06 bits per heavy atom. The molecule has 0 spiro atoms. The van der Waals surface area contributed by atoms with E-state index in [4.69, 9.17) is 9.47 Å². The van der Waals surface area contributed by atoms with Crippen LogP contribution in [0.15, 0.2) is 30.3 Å². The molecular weight excluding hydrogens is 432 g/mol. The van der Waals surface area contributed by atoms with Crippen molar-refractivity contribution in [3.05, 3.63) is 52.8 Å². The van der Waals surface area contributed by atoms with E-state index in [1.807, 2.05) is 53.6 Å². The van der Waals surface area contributed by atoms with Crippen LogP contribution in [-0.4, -0.2) is 49.1 Å². The predicted octanol–water partition coefficient (Wildman–Crippen LogP) is 3.87. The fourth-order valence-electron chi connectivity index (χ4n) is 5.41. The zero-order valence-corrected chi connectivity index (χ0v) is 20.3. The lowest BCUT2D eigenvalue weighted by molar-refractivity contribution is -0.153. The summed E-state index contributed by atoms with van der Waals surface area (Å²) < 4.78 is 12.7. The molecule has 182 valence electrons. The maximum atomic E-state index is 13.4. The first-order valence-electron chi connectivity index (χ1n) is 12.2. The van der Waals surface area contributed by atoms with Gasteiger partial charge in [0.2, 0.25) is 11.7 Å². The number of fused-ring (bicyclic) bond motifs is 1. The quantitative estimate of drug-likeness (QED) is 0.436. The molecule has 2 atom stereocenters. The number of benzene rings is 1. The summed E-state index contributed by atoms with van der Waals surface area (Å²) in [6.45, 7) is 5.39. The Morgan fingerprint density at radius 3 is 2.56 bits per heavy atom. The van der Waals surface area contributed by atoms with Gasteiger partial charge in [0.15, 0.2) is 6.61 Å². The zero-order valence-electron chi connectivity index (χ0n) is 20.3. The van der Waals surface area contributed by atoms with Crippen LogP contribution >= 0.6 is 0 Å². The lowest BCUT2D eigenvalue weighted by Gasteiger charge is -2.32. The number of nitrogens with zero attached hydrogens (tertiary/aromatic N) is 2. The Bertz CT molecular complexity index is 1070. The molecule has 34 heavy (non-hydrogen) atoms. The number of hydrogen-bond donors (Lipinski definition) is 0. The van der Waals surface area contributed by atoms with E-state index in [1.54, 1.807) is 7.11 Å². The SMILES string of the molecule is COCCn1c(C)cc(C(=O)COC(=O)C2CCCCC2C(=O)N2CCc3ccccc32)c1C. The van der Waals surface area contributed by atoms with E-state index in [1.165, 1.54) is 5.56 Å². The first kappa shape index (κ1) is 24.2. The van der Waals surface area contributed by atoms with E-state index in [2.05, 4.69) is 0 Å². The van der Waals surface area contributed by atoms with Gasteiger partial charge in [-0.3, -0.25) is 14.4 Å². The number of Topliss-reactive ketones (excluding diaryl/α,β-unsaturated/α-hetero) is 1. The van der Waals surface area contributed by atoms with Gasteiger partial charge in [-0.15, -0.1) is 0 Å². The number of hydrogen-bond acceptors (Lipinski definition) is 5. The minimum atomic E-state index is -0.504. The number of methoxy groups -OCH3 is 1. The van der Waals surface area contributed by atoms with Crippen molar-refractivity contribution in [3.63, 3.8) is 0 Å². The van der Waals surface area contributed by atoms with Crippen molar-refractivity contribution in [1.29, 1.82) is 0 Å². The van der Waals surface area contributed by atoms with E-state index in [0.29, 0.717) is 38.1 Å². The van der Waals surface area contributed by atoms with Crippen LogP contribution < -0.4 is 4.90 Å². The number of rotatable bonds is 8. The molecular formula is C27H34N2O5. The lowest BCUT2D eigenvalue weighted by atomic mass is 9.78. The number of amides is 1.